The molecule has 3 rings (SSSR count). The van der Waals surface area contributed by atoms with Crippen LogP contribution >= 0.6 is 0 Å². The lowest BCUT2D eigenvalue weighted by Crippen LogP contribution is -2.47. The molecule has 1 aliphatic rings. The molecule has 1 aromatic carbocycles. The van der Waals surface area contributed by atoms with E-state index >= 15 is 0 Å². The maximum absolute atomic E-state index is 5.72. The molecule has 1 atom stereocenters. The third kappa shape index (κ3) is 3.88. The fourth-order valence-electron chi connectivity index (χ4n) is 2.88. The molecule has 0 saturated carbocycles. The van der Waals surface area contributed by atoms with Crippen LogP contribution in [0.1, 0.15) is 32.2 Å². The average molecular weight is 311 g/mol. The molecule has 122 valence electrons. The first-order valence-electron chi connectivity index (χ1n) is 8.26. The van der Waals surface area contributed by atoms with E-state index in [0.29, 0.717) is 6.04 Å². The number of rotatable bonds is 3. The minimum atomic E-state index is -0.0444. The second kappa shape index (κ2) is 6.67. The highest BCUT2D eigenvalue weighted by Crippen LogP contribution is 2.24. The largest absolute Gasteiger partial charge is 0.377 e. The highest BCUT2D eigenvalue weighted by Gasteiger charge is 2.26. The Hall–Kier alpha value is -1.94. The Morgan fingerprint density at radius 3 is 2.70 bits per heavy atom. The summed E-state index contributed by atoms with van der Waals surface area (Å²) >= 11 is 0. The molecule has 1 fully saturated rings. The molecule has 0 unspecified atom stereocenters. The van der Waals surface area contributed by atoms with Crippen molar-refractivity contribution >= 4 is 5.82 Å². The van der Waals surface area contributed by atoms with Gasteiger partial charge >= 0.3 is 0 Å². The third-order valence-corrected chi connectivity index (χ3v) is 4.15. The summed E-state index contributed by atoms with van der Waals surface area (Å²) < 4.78 is 5.72. The lowest BCUT2D eigenvalue weighted by molar-refractivity contribution is 0.0936. The van der Waals surface area contributed by atoms with E-state index in [1.807, 2.05) is 12.3 Å². The molecule has 4 nitrogen and oxygen atoms in total. The van der Waals surface area contributed by atoms with E-state index in [4.69, 9.17) is 9.72 Å². The van der Waals surface area contributed by atoms with Gasteiger partial charge in [-0.25, -0.2) is 9.97 Å². The van der Waals surface area contributed by atoms with Crippen LogP contribution in [0.4, 0.5) is 5.82 Å². The van der Waals surface area contributed by atoms with Crippen molar-refractivity contribution < 1.29 is 4.74 Å². The molecule has 0 bridgehead atoms. The quantitative estimate of drug-likeness (QED) is 0.872. The molecule has 1 saturated heterocycles. The molecule has 2 heterocycles. The van der Waals surface area contributed by atoms with Gasteiger partial charge in [0.25, 0.3) is 0 Å². The maximum atomic E-state index is 5.72. The van der Waals surface area contributed by atoms with Gasteiger partial charge in [-0.1, -0.05) is 51.1 Å². The summed E-state index contributed by atoms with van der Waals surface area (Å²) in [6.07, 6.45) is 2.84. The van der Waals surface area contributed by atoms with Crippen molar-refractivity contribution in [1.29, 1.82) is 0 Å². The smallest absolute Gasteiger partial charge is 0.135 e. The van der Waals surface area contributed by atoms with Crippen LogP contribution in [0.2, 0.25) is 0 Å². The van der Waals surface area contributed by atoms with Crippen LogP contribution in [-0.2, 0) is 16.6 Å². The standard InChI is InChI=1S/C19H25N3O/c1-19(2,3)18-20-10-9-17(21-18)22-11-12-23-14-16(22)13-15-7-5-4-6-8-15/h4-10,16H,11-14H2,1-3H3/t16-/m0/s1. The number of hydrogen-bond acceptors (Lipinski definition) is 4. The predicted octanol–water partition coefficient (Wildman–Crippen LogP) is 3.22. The fourth-order valence-corrected chi connectivity index (χ4v) is 2.88. The fraction of sp³-hybridized carbons (Fsp3) is 0.474. The van der Waals surface area contributed by atoms with Crippen LogP contribution in [0.5, 0.6) is 0 Å². The number of hydrogen-bond donors (Lipinski definition) is 0. The summed E-state index contributed by atoms with van der Waals surface area (Å²) in [6.45, 7) is 8.80. The van der Waals surface area contributed by atoms with Crippen molar-refractivity contribution in [3.8, 4) is 0 Å². The van der Waals surface area contributed by atoms with Crippen molar-refractivity contribution in [3.63, 3.8) is 0 Å². The van der Waals surface area contributed by atoms with Crippen molar-refractivity contribution in [3.05, 3.63) is 54.0 Å². The minimum absolute atomic E-state index is 0.0444. The zero-order valence-electron chi connectivity index (χ0n) is 14.2. The normalized spacial score (nSPS) is 18.9. The van der Waals surface area contributed by atoms with E-state index in [1.165, 1.54) is 5.56 Å². The van der Waals surface area contributed by atoms with Crippen LogP contribution in [-0.4, -0.2) is 35.8 Å². The highest BCUT2D eigenvalue weighted by atomic mass is 16.5. The van der Waals surface area contributed by atoms with Crippen molar-refractivity contribution in [1.82, 2.24) is 9.97 Å². The molecule has 0 spiro atoms. The van der Waals surface area contributed by atoms with Gasteiger partial charge in [-0.3, -0.25) is 0 Å². The lowest BCUT2D eigenvalue weighted by atomic mass is 9.96. The van der Waals surface area contributed by atoms with Gasteiger partial charge in [0.1, 0.15) is 11.6 Å². The van der Waals surface area contributed by atoms with Crippen LogP contribution in [0.25, 0.3) is 0 Å². The third-order valence-electron chi connectivity index (χ3n) is 4.15. The van der Waals surface area contributed by atoms with E-state index < -0.39 is 0 Å². The van der Waals surface area contributed by atoms with Crippen molar-refractivity contribution in [2.24, 2.45) is 0 Å². The molecule has 4 heteroatoms. The van der Waals surface area contributed by atoms with Crippen molar-refractivity contribution in [2.45, 2.75) is 38.6 Å². The Balaban J connectivity index is 1.84. The Labute approximate surface area is 138 Å². The van der Waals surface area contributed by atoms with Gasteiger partial charge in [0.05, 0.1) is 19.3 Å². The molecule has 0 aliphatic carbocycles. The minimum Gasteiger partial charge on any atom is -0.377 e. The van der Waals surface area contributed by atoms with Gasteiger partial charge in [-0.15, -0.1) is 0 Å². The van der Waals surface area contributed by atoms with E-state index in [0.717, 1.165) is 37.8 Å². The number of morpholine rings is 1. The summed E-state index contributed by atoms with van der Waals surface area (Å²) in [5.41, 5.74) is 1.29. The maximum Gasteiger partial charge on any atom is 0.135 e. The monoisotopic (exact) mass is 311 g/mol. The number of aromatic nitrogens is 2. The SMILES string of the molecule is CC(C)(C)c1nccc(N2CCOC[C@@H]2Cc2ccccc2)n1. The second-order valence-electron chi connectivity index (χ2n) is 7.10. The van der Waals surface area contributed by atoms with E-state index in [1.54, 1.807) is 0 Å². The summed E-state index contributed by atoms with van der Waals surface area (Å²) in [5.74, 6) is 1.90. The van der Waals surface area contributed by atoms with Gasteiger partial charge in [0, 0.05) is 18.2 Å². The van der Waals surface area contributed by atoms with Crippen LogP contribution in [0, 0.1) is 0 Å². The van der Waals surface area contributed by atoms with Gasteiger partial charge in [0.15, 0.2) is 0 Å². The zero-order valence-corrected chi connectivity index (χ0v) is 14.2. The Kier molecular flexibility index (Phi) is 4.62. The van der Waals surface area contributed by atoms with Crippen molar-refractivity contribution in [2.75, 3.05) is 24.7 Å². The number of benzene rings is 1. The lowest BCUT2D eigenvalue weighted by Gasteiger charge is -2.37. The first kappa shape index (κ1) is 15.9. The molecule has 0 amide bonds. The molecule has 0 N–H and O–H groups in total. The summed E-state index contributed by atoms with van der Waals surface area (Å²) in [7, 11) is 0. The van der Waals surface area contributed by atoms with E-state index in [-0.39, 0.29) is 5.41 Å². The van der Waals surface area contributed by atoms with E-state index in [9.17, 15) is 0 Å². The summed E-state index contributed by atoms with van der Waals surface area (Å²) in [6, 6.07) is 12.9. The van der Waals surface area contributed by atoms with Gasteiger partial charge in [-0.05, 0) is 18.1 Å². The van der Waals surface area contributed by atoms with Gasteiger partial charge < -0.3 is 9.64 Å². The predicted molar refractivity (Wildman–Crippen MR) is 92.8 cm³/mol. The number of ether oxygens (including phenoxy) is 1. The average Bonchev–Trinajstić information content (AvgIpc) is 2.56. The van der Waals surface area contributed by atoms with Gasteiger partial charge in [0.2, 0.25) is 0 Å². The molecular weight excluding hydrogens is 286 g/mol. The van der Waals surface area contributed by atoms with Crippen LogP contribution in [0.3, 0.4) is 0 Å². The highest BCUT2D eigenvalue weighted by molar-refractivity contribution is 5.41. The number of nitrogens with zero attached hydrogens (tertiary/aromatic N) is 3. The van der Waals surface area contributed by atoms with Gasteiger partial charge in [-0.2, -0.15) is 0 Å². The summed E-state index contributed by atoms with van der Waals surface area (Å²) in [5, 5.41) is 0. The molecule has 23 heavy (non-hydrogen) atoms. The first-order valence-corrected chi connectivity index (χ1v) is 8.26. The molecule has 1 aromatic heterocycles. The Bertz CT molecular complexity index is 637. The molecular formula is C19H25N3O. The zero-order chi connectivity index (χ0) is 16.3. The van der Waals surface area contributed by atoms with E-state index in [2.05, 4.69) is 61.0 Å². The second-order valence-corrected chi connectivity index (χ2v) is 7.10. The van der Waals surface area contributed by atoms with Crippen LogP contribution < -0.4 is 4.90 Å². The Morgan fingerprint density at radius 2 is 1.96 bits per heavy atom. The first-order chi connectivity index (χ1) is 11.0. The Morgan fingerprint density at radius 1 is 1.17 bits per heavy atom. The number of anilines is 1. The van der Waals surface area contributed by atoms with Crippen LogP contribution in [0.15, 0.2) is 42.6 Å². The molecule has 1 aliphatic heterocycles. The molecule has 2 aromatic rings. The molecule has 0 radical (unpaired) electrons. The summed E-state index contributed by atoms with van der Waals surface area (Å²) in [4.78, 5) is 11.6. The topological polar surface area (TPSA) is 38.2 Å².